The fraction of sp³-hybridized carbons (Fsp3) is 0.517. The molecule has 2 saturated heterocycles. The molecule has 1 aliphatic carbocycles. The largest absolute Gasteiger partial charge is 0.497 e. The Kier molecular flexibility index (Phi) is 7.19. The lowest BCUT2D eigenvalue weighted by molar-refractivity contribution is -0.129. The first kappa shape index (κ1) is 24.6. The second kappa shape index (κ2) is 10.5. The molecule has 0 bridgehead atoms. The zero-order valence-corrected chi connectivity index (χ0v) is 21.8. The summed E-state index contributed by atoms with van der Waals surface area (Å²) in [6.07, 6.45) is 4.37. The molecule has 192 valence electrons. The van der Waals surface area contributed by atoms with Crippen molar-refractivity contribution in [2.24, 2.45) is 5.92 Å². The van der Waals surface area contributed by atoms with E-state index in [1.807, 2.05) is 30.3 Å². The second-order valence-corrected chi connectivity index (χ2v) is 10.4. The lowest BCUT2D eigenvalue weighted by atomic mass is 9.77. The van der Waals surface area contributed by atoms with Crippen LogP contribution in [0.3, 0.4) is 0 Å². The number of rotatable bonds is 7. The van der Waals surface area contributed by atoms with Gasteiger partial charge in [0, 0.05) is 56.6 Å². The summed E-state index contributed by atoms with van der Waals surface area (Å²) < 4.78 is 5.21. The van der Waals surface area contributed by atoms with Gasteiger partial charge in [0.15, 0.2) is 0 Å². The predicted octanol–water partition coefficient (Wildman–Crippen LogP) is 4.67. The van der Waals surface area contributed by atoms with Gasteiger partial charge in [-0.1, -0.05) is 25.5 Å². The normalized spacial score (nSPS) is 23.1. The monoisotopic (exact) mass is 490 g/mol. The molecule has 2 aromatic carbocycles. The van der Waals surface area contributed by atoms with Crippen molar-refractivity contribution in [2.45, 2.75) is 52.1 Å². The molecule has 3 aliphatic rings. The summed E-state index contributed by atoms with van der Waals surface area (Å²) >= 11 is 0. The Morgan fingerprint density at radius 2 is 1.67 bits per heavy atom. The van der Waals surface area contributed by atoms with Crippen molar-refractivity contribution >= 4 is 23.3 Å². The zero-order chi connectivity index (χ0) is 25.2. The number of benzene rings is 2. The zero-order valence-electron chi connectivity index (χ0n) is 21.8. The third-order valence-electron chi connectivity index (χ3n) is 8.27. The molecule has 2 heterocycles. The Bertz CT molecular complexity index is 1090. The number of carbonyl (C=O) groups is 2. The van der Waals surface area contributed by atoms with E-state index in [0.29, 0.717) is 13.0 Å². The average molecular weight is 491 g/mol. The number of hydrogen-bond acceptors (Lipinski definition) is 5. The van der Waals surface area contributed by atoms with Gasteiger partial charge in [-0.3, -0.25) is 19.5 Å². The fourth-order valence-corrected chi connectivity index (χ4v) is 5.80. The minimum atomic E-state index is -0.252. The first-order valence-corrected chi connectivity index (χ1v) is 13.3. The molecule has 0 atom stereocenters. The number of carbonyl (C=O) groups excluding carboxylic acids is 2. The quantitative estimate of drug-likeness (QED) is 0.564. The maximum absolute atomic E-state index is 13.4. The van der Waals surface area contributed by atoms with Crippen LogP contribution in [-0.2, 0) is 11.3 Å². The number of imide groups is 1. The van der Waals surface area contributed by atoms with Crippen molar-refractivity contribution in [3.8, 4) is 5.75 Å². The van der Waals surface area contributed by atoms with Gasteiger partial charge in [-0.05, 0) is 67.1 Å². The van der Waals surface area contributed by atoms with Crippen molar-refractivity contribution < 1.29 is 14.3 Å². The number of amides is 3. The SMILES string of the molecule is CCC1CC(N2CCN(c3ccc(N4CCC(=O)N(Cc5ccc(OC)cc5)C4=O)c(C)c3)CC2)C1. The van der Waals surface area contributed by atoms with Crippen molar-refractivity contribution in [1.29, 1.82) is 0 Å². The predicted molar refractivity (Wildman–Crippen MR) is 143 cm³/mol. The summed E-state index contributed by atoms with van der Waals surface area (Å²) in [5, 5.41) is 0. The Hall–Kier alpha value is -3.06. The minimum absolute atomic E-state index is 0.129. The highest BCUT2D eigenvalue weighted by molar-refractivity contribution is 6.06. The van der Waals surface area contributed by atoms with E-state index < -0.39 is 0 Å². The van der Waals surface area contributed by atoms with E-state index in [9.17, 15) is 9.59 Å². The van der Waals surface area contributed by atoms with Crippen LogP contribution in [0.25, 0.3) is 0 Å². The van der Waals surface area contributed by atoms with Crippen LogP contribution < -0.4 is 14.5 Å². The van der Waals surface area contributed by atoms with Crippen molar-refractivity contribution in [3.63, 3.8) is 0 Å². The summed E-state index contributed by atoms with van der Waals surface area (Å²) in [5.41, 5.74) is 4.06. The van der Waals surface area contributed by atoms with Crippen molar-refractivity contribution in [2.75, 3.05) is 49.6 Å². The summed E-state index contributed by atoms with van der Waals surface area (Å²) in [4.78, 5) is 34.3. The number of nitrogens with zero attached hydrogens (tertiary/aromatic N) is 4. The van der Waals surface area contributed by atoms with E-state index in [1.165, 1.54) is 29.8 Å². The molecule has 0 N–H and O–H groups in total. The molecule has 0 unspecified atom stereocenters. The molecule has 7 nitrogen and oxygen atoms in total. The average Bonchev–Trinajstić information content (AvgIpc) is 2.87. The first-order valence-electron chi connectivity index (χ1n) is 13.3. The number of hydrogen-bond donors (Lipinski definition) is 0. The van der Waals surface area contributed by atoms with Gasteiger partial charge in [0.1, 0.15) is 5.75 Å². The summed E-state index contributed by atoms with van der Waals surface area (Å²) in [7, 11) is 1.62. The third-order valence-corrected chi connectivity index (χ3v) is 8.27. The summed E-state index contributed by atoms with van der Waals surface area (Å²) in [6, 6.07) is 14.4. The lowest BCUT2D eigenvalue weighted by Gasteiger charge is -2.47. The minimum Gasteiger partial charge on any atom is -0.497 e. The summed E-state index contributed by atoms with van der Waals surface area (Å²) in [5.74, 6) is 1.56. The molecule has 3 fully saturated rings. The molecule has 0 spiro atoms. The molecule has 36 heavy (non-hydrogen) atoms. The molecular formula is C29H38N4O3. The molecule has 1 saturated carbocycles. The van der Waals surface area contributed by atoms with E-state index in [1.54, 1.807) is 12.0 Å². The van der Waals surface area contributed by atoms with Crippen LogP contribution in [0.5, 0.6) is 5.75 Å². The fourth-order valence-electron chi connectivity index (χ4n) is 5.80. The molecule has 2 aliphatic heterocycles. The van der Waals surface area contributed by atoms with Crippen LogP contribution >= 0.6 is 0 Å². The van der Waals surface area contributed by atoms with Gasteiger partial charge < -0.3 is 9.64 Å². The molecule has 5 rings (SSSR count). The molecule has 3 amide bonds. The van der Waals surface area contributed by atoms with Gasteiger partial charge in [-0.2, -0.15) is 0 Å². The number of piperazine rings is 1. The Morgan fingerprint density at radius 3 is 2.31 bits per heavy atom. The van der Waals surface area contributed by atoms with Crippen LogP contribution in [0, 0.1) is 12.8 Å². The number of aryl methyl sites for hydroxylation is 1. The second-order valence-electron chi connectivity index (χ2n) is 10.4. The van der Waals surface area contributed by atoms with Gasteiger partial charge in [0.05, 0.1) is 13.7 Å². The van der Waals surface area contributed by atoms with E-state index in [4.69, 9.17) is 4.74 Å². The van der Waals surface area contributed by atoms with Crippen molar-refractivity contribution in [3.05, 3.63) is 53.6 Å². The highest BCUT2D eigenvalue weighted by Crippen LogP contribution is 2.35. The van der Waals surface area contributed by atoms with E-state index >= 15 is 0 Å². The number of urea groups is 1. The van der Waals surface area contributed by atoms with Crippen molar-refractivity contribution in [1.82, 2.24) is 9.80 Å². The van der Waals surface area contributed by atoms with Crippen LogP contribution in [0.1, 0.15) is 43.7 Å². The molecule has 2 aromatic rings. The number of anilines is 2. The number of ether oxygens (including phenoxy) is 1. The van der Waals surface area contributed by atoms with Gasteiger partial charge in [0.2, 0.25) is 5.91 Å². The third kappa shape index (κ3) is 4.94. The maximum Gasteiger partial charge on any atom is 0.331 e. The Labute approximate surface area is 214 Å². The topological polar surface area (TPSA) is 56.3 Å². The van der Waals surface area contributed by atoms with Crippen LogP contribution in [0.15, 0.2) is 42.5 Å². The van der Waals surface area contributed by atoms with E-state index in [-0.39, 0.29) is 18.5 Å². The number of methoxy groups -OCH3 is 1. The lowest BCUT2D eigenvalue weighted by Crippen LogP contribution is -2.54. The smallest absolute Gasteiger partial charge is 0.331 e. The molecule has 0 aromatic heterocycles. The highest BCUT2D eigenvalue weighted by Gasteiger charge is 2.35. The molecule has 7 heteroatoms. The van der Waals surface area contributed by atoms with Gasteiger partial charge >= 0.3 is 6.03 Å². The maximum atomic E-state index is 13.4. The summed E-state index contributed by atoms with van der Waals surface area (Å²) in [6.45, 7) is 9.36. The highest BCUT2D eigenvalue weighted by atomic mass is 16.5. The standard InChI is InChI=1S/C29H38N4O3/c1-4-22-18-25(19-22)31-15-13-30(14-16-31)24-7-10-27(21(2)17-24)32-12-11-28(34)33(29(32)35)20-23-5-8-26(36-3)9-6-23/h5-10,17,22,25H,4,11-16,18-20H2,1-3H3. The van der Waals surface area contributed by atoms with Gasteiger partial charge in [-0.25, -0.2) is 4.79 Å². The van der Waals surface area contributed by atoms with Crippen LogP contribution in [-0.4, -0.2) is 67.6 Å². The van der Waals surface area contributed by atoms with Crippen LogP contribution in [0.2, 0.25) is 0 Å². The molecular weight excluding hydrogens is 452 g/mol. The molecule has 0 radical (unpaired) electrons. The van der Waals surface area contributed by atoms with E-state index in [0.717, 1.165) is 60.7 Å². The van der Waals surface area contributed by atoms with E-state index in [2.05, 4.69) is 35.8 Å². The van der Waals surface area contributed by atoms with Crippen LogP contribution in [0.4, 0.5) is 16.2 Å². The van der Waals surface area contributed by atoms with Gasteiger partial charge in [-0.15, -0.1) is 0 Å². The first-order chi connectivity index (χ1) is 17.5. The Balaban J connectivity index is 1.23. The Morgan fingerprint density at radius 1 is 0.944 bits per heavy atom. The van der Waals surface area contributed by atoms with Gasteiger partial charge in [0.25, 0.3) is 0 Å².